The number of nitrogens with zero attached hydrogens (tertiary/aromatic N) is 2. The first kappa shape index (κ1) is 16.6. The molecule has 1 aliphatic carbocycles. The number of hydrogen-bond acceptors (Lipinski definition) is 6. The second-order valence-corrected chi connectivity index (χ2v) is 8.32. The normalized spacial score (nSPS) is 15.9. The maximum absolute atomic E-state index is 12.3. The van der Waals surface area contributed by atoms with Crippen LogP contribution in [0.5, 0.6) is 0 Å². The molecule has 0 saturated heterocycles. The van der Waals surface area contributed by atoms with E-state index in [1.165, 1.54) is 6.92 Å². The smallest absolute Gasteiger partial charge is 0.241 e. The lowest BCUT2D eigenvalue weighted by atomic mass is 10.1. The molecule has 8 heteroatoms. The topological polar surface area (TPSA) is 102 Å². The predicted molar refractivity (Wildman–Crippen MR) is 86.8 cm³/mol. The van der Waals surface area contributed by atoms with Gasteiger partial charge in [-0.05, 0) is 25.3 Å². The first-order chi connectivity index (χ1) is 11.4. The summed E-state index contributed by atoms with van der Waals surface area (Å²) in [4.78, 5) is 16.0. The molecule has 1 fully saturated rings. The number of benzene rings is 1. The van der Waals surface area contributed by atoms with E-state index in [0.717, 1.165) is 18.4 Å². The van der Waals surface area contributed by atoms with Gasteiger partial charge in [-0.25, -0.2) is 8.42 Å². The molecule has 1 atom stereocenters. The Morgan fingerprint density at radius 1 is 1.33 bits per heavy atom. The summed E-state index contributed by atoms with van der Waals surface area (Å²) in [5.74, 6) is -0.483. The third kappa shape index (κ3) is 4.19. The summed E-state index contributed by atoms with van der Waals surface area (Å²) in [7, 11) is -3.70. The van der Waals surface area contributed by atoms with E-state index in [9.17, 15) is 13.2 Å². The number of rotatable bonds is 7. The van der Waals surface area contributed by atoms with Crippen LogP contribution in [0.3, 0.4) is 0 Å². The predicted octanol–water partition coefficient (Wildman–Crippen LogP) is 1.24. The van der Waals surface area contributed by atoms with Gasteiger partial charge < -0.3 is 9.84 Å². The average Bonchev–Trinajstić information content (AvgIpc) is 3.26. The van der Waals surface area contributed by atoms with Crippen LogP contribution in [0.25, 0.3) is 0 Å². The summed E-state index contributed by atoms with van der Waals surface area (Å²) < 4.78 is 29.7. The van der Waals surface area contributed by atoms with Crippen LogP contribution in [0.2, 0.25) is 0 Å². The van der Waals surface area contributed by atoms with E-state index in [1.54, 1.807) is 0 Å². The minimum atomic E-state index is -3.70. The monoisotopic (exact) mass is 349 g/mol. The molecule has 0 radical (unpaired) electrons. The van der Waals surface area contributed by atoms with Crippen LogP contribution in [-0.4, -0.2) is 35.8 Å². The van der Waals surface area contributed by atoms with Crippen molar-refractivity contribution in [2.45, 2.75) is 43.2 Å². The lowest BCUT2D eigenvalue weighted by Gasteiger charge is -2.11. The Labute approximate surface area is 140 Å². The Hall–Kier alpha value is -2.22. The van der Waals surface area contributed by atoms with E-state index >= 15 is 0 Å². The highest BCUT2D eigenvalue weighted by molar-refractivity contribution is 7.92. The van der Waals surface area contributed by atoms with Crippen molar-refractivity contribution in [3.8, 4) is 0 Å². The lowest BCUT2D eigenvalue weighted by Crippen LogP contribution is -2.39. The van der Waals surface area contributed by atoms with Gasteiger partial charge in [-0.1, -0.05) is 35.5 Å². The van der Waals surface area contributed by atoms with Gasteiger partial charge in [-0.2, -0.15) is 4.98 Å². The molecular formula is C16H19N3O4S. The highest BCUT2D eigenvalue weighted by Gasteiger charge is 2.33. The lowest BCUT2D eigenvalue weighted by molar-refractivity contribution is -0.120. The average molecular weight is 349 g/mol. The molecule has 128 valence electrons. The number of sulfone groups is 1. The van der Waals surface area contributed by atoms with Gasteiger partial charge in [0.25, 0.3) is 0 Å². The Morgan fingerprint density at radius 3 is 2.71 bits per heavy atom. The zero-order chi connectivity index (χ0) is 17.2. The van der Waals surface area contributed by atoms with E-state index < -0.39 is 26.7 Å². The van der Waals surface area contributed by atoms with E-state index in [0.29, 0.717) is 12.2 Å². The summed E-state index contributed by atoms with van der Waals surface area (Å²) in [5, 5.41) is 5.37. The zero-order valence-corrected chi connectivity index (χ0v) is 14.1. The van der Waals surface area contributed by atoms with Gasteiger partial charge in [0.15, 0.2) is 15.7 Å². The molecule has 1 aromatic carbocycles. The highest BCUT2D eigenvalue weighted by Crippen LogP contribution is 2.20. The molecule has 7 nitrogen and oxygen atoms in total. The van der Waals surface area contributed by atoms with Gasteiger partial charge >= 0.3 is 0 Å². The van der Waals surface area contributed by atoms with Crippen LogP contribution in [0.1, 0.15) is 37.0 Å². The molecule has 1 aromatic heterocycles. The van der Waals surface area contributed by atoms with Crippen molar-refractivity contribution in [2.24, 2.45) is 0 Å². The van der Waals surface area contributed by atoms with Crippen LogP contribution in [0, 0.1) is 0 Å². The zero-order valence-electron chi connectivity index (χ0n) is 13.3. The minimum absolute atomic E-state index is 0.00648. The van der Waals surface area contributed by atoms with Crippen molar-refractivity contribution in [2.75, 3.05) is 0 Å². The Bertz CT molecular complexity index is 813. The minimum Gasteiger partial charge on any atom is -0.352 e. The second-order valence-electron chi connectivity index (χ2n) is 6.00. The van der Waals surface area contributed by atoms with E-state index in [1.807, 2.05) is 30.3 Å². The molecular weight excluding hydrogens is 330 g/mol. The van der Waals surface area contributed by atoms with Crippen molar-refractivity contribution >= 4 is 15.7 Å². The van der Waals surface area contributed by atoms with Crippen LogP contribution in [-0.2, 0) is 26.8 Å². The van der Waals surface area contributed by atoms with Crippen LogP contribution in [0.4, 0.5) is 0 Å². The Morgan fingerprint density at radius 2 is 2.04 bits per heavy atom. The molecule has 1 saturated carbocycles. The molecule has 24 heavy (non-hydrogen) atoms. The molecule has 1 N–H and O–H groups in total. The first-order valence-electron chi connectivity index (χ1n) is 7.81. The highest BCUT2D eigenvalue weighted by atomic mass is 32.2. The van der Waals surface area contributed by atoms with Crippen LogP contribution in [0.15, 0.2) is 34.9 Å². The van der Waals surface area contributed by atoms with Gasteiger partial charge in [0.1, 0.15) is 11.0 Å². The van der Waals surface area contributed by atoms with Crippen LogP contribution >= 0.6 is 0 Å². The van der Waals surface area contributed by atoms with Gasteiger partial charge in [0.2, 0.25) is 11.8 Å². The maximum Gasteiger partial charge on any atom is 0.241 e. The number of hydrogen-bond donors (Lipinski definition) is 1. The Kier molecular flexibility index (Phi) is 4.66. The quantitative estimate of drug-likeness (QED) is 0.807. The first-order valence-corrected chi connectivity index (χ1v) is 9.53. The summed E-state index contributed by atoms with van der Waals surface area (Å²) in [6.45, 7) is 1.38. The van der Waals surface area contributed by atoms with Crippen LogP contribution < -0.4 is 5.32 Å². The Balaban J connectivity index is 1.63. The molecule has 0 spiro atoms. The maximum atomic E-state index is 12.3. The van der Waals surface area contributed by atoms with Crippen molar-refractivity contribution in [3.05, 3.63) is 47.6 Å². The second kappa shape index (κ2) is 6.72. The van der Waals surface area contributed by atoms with Crippen molar-refractivity contribution < 1.29 is 17.7 Å². The van der Waals surface area contributed by atoms with E-state index in [-0.39, 0.29) is 11.9 Å². The number of carbonyl (C=O) groups excluding carboxylic acids is 1. The molecule has 3 rings (SSSR count). The van der Waals surface area contributed by atoms with Gasteiger partial charge in [-0.3, -0.25) is 4.79 Å². The molecule has 1 amide bonds. The summed E-state index contributed by atoms with van der Waals surface area (Å²) in [6, 6.07) is 9.69. The number of amides is 1. The van der Waals surface area contributed by atoms with Crippen molar-refractivity contribution in [1.82, 2.24) is 15.5 Å². The molecule has 0 aliphatic heterocycles. The number of aromatic nitrogens is 2. The third-order valence-electron chi connectivity index (χ3n) is 3.87. The van der Waals surface area contributed by atoms with E-state index in [2.05, 4.69) is 15.5 Å². The standard InChI is InChI=1S/C16H19N3O4S/c1-11(16(20)17-13-7-8-13)24(21,22)10-15-18-14(19-23-15)9-12-5-3-2-4-6-12/h2-6,11,13H,7-10H2,1H3,(H,17,20)/t11-/m1/s1. The molecule has 1 heterocycles. The molecule has 0 unspecified atom stereocenters. The fraction of sp³-hybridized carbons (Fsp3) is 0.438. The van der Waals surface area contributed by atoms with Gasteiger partial charge in [-0.15, -0.1) is 0 Å². The molecule has 2 aromatic rings. The fourth-order valence-corrected chi connectivity index (χ4v) is 3.31. The summed E-state index contributed by atoms with van der Waals surface area (Å²) in [6.07, 6.45) is 2.28. The van der Waals surface area contributed by atoms with Gasteiger partial charge in [0.05, 0.1) is 0 Å². The SMILES string of the molecule is C[C@H](C(=O)NC1CC1)S(=O)(=O)Cc1nc(Cc2ccccc2)no1. The molecule has 1 aliphatic rings. The number of nitrogens with one attached hydrogen (secondary N) is 1. The molecule has 0 bridgehead atoms. The fourth-order valence-electron chi connectivity index (χ4n) is 2.21. The van der Waals surface area contributed by atoms with Crippen molar-refractivity contribution in [1.29, 1.82) is 0 Å². The van der Waals surface area contributed by atoms with Gasteiger partial charge in [0, 0.05) is 12.5 Å². The largest absolute Gasteiger partial charge is 0.352 e. The van der Waals surface area contributed by atoms with E-state index in [4.69, 9.17) is 4.52 Å². The van der Waals surface area contributed by atoms with Crippen molar-refractivity contribution in [3.63, 3.8) is 0 Å². The third-order valence-corrected chi connectivity index (χ3v) is 5.81. The number of carbonyl (C=O) groups is 1. The summed E-state index contributed by atoms with van der Waals surface area (Å²) >= 11 is 0. The summed E-state index contributed by atoms with van der Waals surface area (Å²) in [5.41, 5.74) is 1.00.